The first-order chi connectivity index (χ1) is 17.8. The van der Waals surface area contributed by atoms with E-state index < -0.39 is 37.1 Å². The second-order valence-corrected chi connectivity index (χ2v) is 13.2. The molecule has 0 bridgehead atoms. The molecule has 1 aliphatic heterocycles. The fourth-order valence-corrected chi connectivity index (χ4v) is 9.45. The highest BCUT2D eigenvalue weighted by atomic mass is 32.3. The molecule has 1 heterocycles. The van der Waals surface area contributed by atoms with E-state index in [1.807, 2.05) is 74.5 Å². The summed E-state index contributed by atoms with van der Waals surface area (Å²) in [4.78, 5) is 6.68. The standard InChI is InChI=1S/C29H28N2O4S2/c1-22-18-20-27(21-19-22)37(33,34)30-36(32,26-16-10-5-11-17-26)29-23(2)35-31(25-14-8-4-9-15-25)28(29)24-12-6-3-7-13-24/h3-21,23,28-29H,1-2H3/t23-,28+,29-,36+/m0/s1. The number of rotatable bonds is 6. The first kappa shape index (κ1) is 25.2. The summed E-state index contributed by atoms with van der Waals surface area (Å²) in [5.74, 6) is 0. The van der Waals surface area contributed by atoms with E-state index in [1.54, 1.807) is 47.5 Å². The highest BCUT2D eigenvalue weighted by Gasteiger charge is 2.49. The van der Waals surface area contributed by atoms with Gasteiger partial charge in [0.1, 0.15) is 11.4 Å². The smallest absolute Gasteiger partial charge is 0.268 e. The Kier molecular flexibility index (Phi) is 6.90. The van der Waals surface area contributed by atoms with Crippen molar-refractivity contribution in [2.45, 2.75) is 41.0 Å². The number of sulfonamides is 1. The van der Waals surface area contributed by atoms with Crippen molar-refractivity contribution >= 4 is 25.4 Å². The molecule has 0 amide bonds. The molecule has 190 valence electrons. The summed E-state index contributed by atoms with van der Waals surface area (Å²) in [6.07, 6.45) is -0.602. The van der Waals surface area contributed by atoms with Gasteiger partial charge < -0.3 is 0 Å². The van der Waals surface area contributed by atoms with Crippen LogP contribution >= 0.6 is 0 Å². The van der Waals surface area contributed by atoms with E-state index in [0.29, 0.717) is 4.90 Å². The van der Waals surface area contributed by atoms with Crippen molar-refractivity contribution in [1.29, 1.82) is 0 Å². The van der Waals surface area contributed by atoms with E-state index in [0.717, 1.165) is 16.8 Å². The molecule has 4 aromatic carbocycles. The van der Waals surface area contributed by atoms with E-state index >= 15 is 4.21 Å². The zero-order chi connectivity index (χ0) is 26.0. The lowest BCUT2D eigenvalue weighted by Gasteiger charge is -2.29. The Morgan fingerprint density at radius 3 is 1.84 bits per heavy atom. The van der Waals surface area contributed by atoms with Crippen LogP contribution in [0, 0.1) is 6.92 Å². The van der Waals surface area contributed by atoms with Crippen LogP contribution in [0.1, 0.15) is 24.1 Å². The van der Waals surface area contributed by atoms with E-state index in [9.17, 15) is 8.42 Å². The molecule has 0 aliphatic carbocycles. The van der Waals surface area contributed by atoms with Crippen LogP contribution in [0.15, 0.2) is 129 Å². The number of nitrogens with zero attached hydrogens (tertiary/aromatic N) is 2. The summed E-state index contributed by atoms with van der Waals surface area (Å²) in [5.41, 5.74) is 2.55. The highest BCUT2D eigenvalue weighted by molar-refractivity contribution is 8.03. The summed E-state index contributed by atoms with van der Waals surface area (Å²) >= 11 is 0. The van der Waals surface area contributed by atoms with Crippen molar-refractivity contribution in [3.05, 3.63) is 126 Å². The average molecular weight is 533 g/mol. The van der Waals surface area contributed by atoms with Gasteiger partial charge in [-0.1, -0.05) is 84.4 Å². The van der Waals surface area contributed by atoms with E-state index in [2.05, 4.69) is 3.77 Å². The van der Waals surface area contributed by atoms with Crippen LogP contribution in [0.4, 0.5) is 5.69 Å². The molecule has 4 aromatic rings. The van der Waals surface area contributed by atoms with Gasteiger partial charge in [0.05, 0.1) is 26.4 Å². The fourth-order valence-electron chi connectivity index (χ4n) is 4.67. The summed E-state index contributed by atoms with van der Waals surface area (Å²) in [7, 11) is -7.84. The Morgan fingerprint density at radius 1 is 0.703 bits per heavy atom. The first-order valence-corrected chi connectivity index (χ1v) is 15.0. The van der Waals surface area contributed by atoms with Crippen LogP contribution in [-0.4, -0.2) is 24.0 Å². The third-order valence-electron chi connectivity index (χ3n) is 6.44. The monoisotopic (exact) mass is 532 g/mol. The maximum atomic E-state index is 15.2. The summed E-state index contributed by atoms with van der Waals surface area (Å²) in [5, 5.41) is 0.944. The SMILES string of the molecule is Cc1ccc(S(=O)(=O)N=[S@@](=O)(c2ccccc2)[C@H]2[C@H](C)ON(c3ccccc3)[C@@H]2c2ccccc2)cc1. The zero-order valence-electron chi connectivity index (χ0n) is 20.5. The van der Waals surface area contributed by atoms with Gasteiger partial charge in [0, 0.05) is 4.90 Å². The molecule has 0 radical (unpaired) electrons. The molecule has 0 N–H and O–H groups in total. The van der Waals surface area contributed by atoms with Gasteiger partial charge in [-0.15, -0.1) is 3.77 Å². The van der Waals surface area contributed by atoms with Gasteiger partial charge in [-0.2, -0.15) is 8.42 Å². The minimum absolute atomic E-state index is 0.00417. The number of hydrogen-bond donors (Lipinski definition) is 0. The lowest BCUT2D eigenvalue weighted by molar-refractivity contribution is 0.0968. The molecule has 8 heteroatoms. The number of hydroxylamine groups is 1. The highest BCUT2D eigenvalue weighted by Crippen LogP contribution is 2.44. The Balaban J connectivity index is 1.76. The Labute approximate surface area is 218 Å². The maximum Gasteiger partial charge on any atom is 0.290 e. The van der Waals surface area contributed by atoms with E-state index in [1.165, 1.54) is 12.1 Å². The minimum Gasteiger partial charge on any atom is -0.268 e. The number of benzene rings is 4. The van der Waals surface area contributed by atoms with Crippen molar-refractivity contribution in [1.82, 2.24) is 0 Å². The number of anilines is 1. The lowest BCUT2D eigenvalue weighted by atomic mass is 10.0. The first-order valence-electron chi connectivity index (χ1n) is 12.0. The quantitative estimate of drug-likeness (QED) is 0.297. The van der Waals surface area contributed by atoms with Crippen LogP contribution in [-0.2, 0) is 24.6 Å². The molecule has 6 nitrogen and oxygen atoms in total. The van der Waals surface area contributed by atoms with Crippen LogP contribution in [0.5, 0.6) is 0 Å². The van der Waals surface area contributed by atoms with Crippen LogP contribution in [0.2, 0.25) is 0 Å². The number of aryl methyl sites for hydroxylation is 1. The summed E-state index contributed by atoms with van der Waals surface area (Å²) < 4.78 is 46.6. The predicted molar refractivity (Wildman–Crippen MR) is 146 cm³/mol. The van der Waals surface area contributed by atoms with Gasteiger partial charge in [-0.05, 0) is 55.8 Å². The van der Waals surface area contributed by atoms with Crippen molar-refractivity contribution < 1.29 is 17.5 Å². The lowest BCUT2D eigenvalue weighted by Crippen LogP contribution is -2.35. The van der Waals surface area contributed by atoms with Gasteiger partial charge in [0.25, 0.3) is 10.0 Å². The van der Waals surface area contributed by atoms with Gasteiger partial charge in [0.2, 0.25) is 0 Å². The second kappa shape index (κ2) is 10.1. The minimum atomic E-state index is -4.26. The molecule has 5 rings (SSSR count). The molecule has 37 heavy (non-hydrogen) atoms. The molecule has 1 saturated heterocycles. The molecule has 0 saturated carbocycles. The molecule has 1 aliphatic rings. The number of para-hydroxylation sites is 1. The van der Waals surface area contributed by atoms with E-state index in [-0.39, 0.29) is 4.90 Å². The summed E-state index contributed by atoms with van der Waals surface area (Å²) in [6.45, 7) is 3.70. The zero-order valence-corrected chi connectivity index (χ0v) is 22.2. The average Bonchev–Trinajstić information content (AvgIpc) is 3.28. The van der Waals surface area contributed by atoms with Crippen LogP contribution in [0.3, 0.4) is 0 Å². The largest absolute Gasteiger partial charge is 0.290 e. The van der Waals surface area contributed by atoms with Crippen molar-refractivity contribution in [2.24, 2.45) is 3.77 Å². The maximum absolute atomic E-state index is 15.2. The third kappa shape index (κ3) is 4.92. The molecular formula is C29H28N2O4S2. The van der Waals surface area contributed by atoms with Crippen LogP contribution < -0.4 is 5.06 Å². The third-order valence-corrected chi connectivity index (χ3v) is 11.3. The Bertz CT molecular complexity index is 1580. The predicted octanol–water partition coefficient (Wildman–Crippen LogP) is 6.16. The Morgan fingerprint density at radius 2 is 1.24 bits per heavy atom. The van der Waals surface area contributed by atoms with E-state index in [4.69, 9.17) is 4.84 Å². The van der Waals surface area contributed by atoms with Crippen LogP contribution in [0.25, 0.3) is 0 Å². The van der Waals surface area contributed by atoms with Gasteiger partial charge in [-0.25, -0.2) is 9.27 Å². The fraction of sp³-hybridized carbons (Fsp3) is 0.172. The van der Waals surface area contributed by atoms with Gasteiger partial charge in [-0.3, -0.25) is 4.84 Å². The second-order valence-electron chi connectivity index (χ2n) is 9.04. The summed E-state index contributed by atoms with van der Waals surface area (Å²) in [6, 6.07) is 33.6. The molecule has 0 unspecified atom stereocenters. The van der Waals surface area contributed by atoms with Gasteiger partial charge >= 0.3 is 0 Å². The molecule has 0 aromatic heterocycles. The molecule has 1 fully saturated rings. The molecule has 0 spiro atoms. The van der Waals surface area contributed by atoms with Crippen molar-refractivity contribution in [3.63, 3.8) is 0 Å². The van der Waals surface area contributed by atoms with Crippen molar-refractivity contribution in [2.75, 3.05) is 5.06 Å². The Hall–Kier alpha value is -3.46. The topological polar surface area (TPSA) is 76.0 Å². The van der Waals surface area contributed by atoms with Gasteiger partial charge in [0.15, 0.2) is 0 Å². The molecular weight excluding hydrogens is 504 g/mol. The normalized spacial score (nSPS) is 21.4. The molecule has 4 atom stereocenters. The van der Waals surface area contributed by atoms with Crippen molar-refractivity contribution in [3.8, 4) is 0 Å². The number of hydrogen-bond acceptors (Lipinski definition) is 5.